The van der Waals surface area contributed by atoms with Gasteiger partial charge >= 0.3 is 0 Å². The van der Waals surface area contributed by atoms with E-state index in [9.17, 15) is 4.79 Å². The van der Waals surface area contributed by atoms with Crippen LogP contribution in [0.5, 0.6) is 0 Å². The lowest BCUT2D eigenvalue weighted by Gasteiger charge is -2.35. The van der Waals surface area contributed by atoms with Crippen molar-refractivity contribution in [1.29, 1.82) is 0 Å². The Balaban J connectivity index is 1.43. The van der Waals surface area contributed by atoms with Crippen molar-refractivity contribution in [3.63, 3.8) is 0 Å². The van der Waals surface area contributed by atoms with Gasteiger partial charge in [-0.25, -0.2) is 15.0 Å². The van der Waals surface area contributed by atoms with Gasteiger partial charge in [0.1, 0.15) is 5.82 Å². The monoisotopic (exact) mass is 394 g/mol. The first-order chi connectivity index (χ1) is 13.7. The highest BCUT2D eigenvalue weighted by Crippen LogP contribution is 2.22. The Kier molecular flexibility index (Phi) is 5.34. The van der Waals surface area contributed by atoms with Crippen molar-refractivity contribution in [2.45, 2.75) is 0 Å². The van der Waals surface area contributed by atoms with Crippen molar-refractivity contribution in [3.05, 3.63) is 71.6 Å². The molecule has 1 saturated heterocycles. The highest BCUT2D eigenvalue weighted by Gasteiger charge is 2.20. The van der Waals surface area contributed by atoms with Gasteiger partial charge in [-0.2, -0.15) is 0 Å². The maximum Gasteiger partial charge on any atom is 0.255 e. The zero-order valence-electron chi connectivity index (χ0n) is 15.1. The molecule has 28 heavy (non-hydrogen) atoms. The largest absolute Gasteiger partial charge is 0.353 e. The Morgan fingerprint density at radius 3 is 2.36 bits per heavy atom. The van der Waals surface area contributed by atoms with E-state index < -0.39 is 0 Å². The Hall–Kier alpha value is -3.19. The number of piperazine rings is 1. The summed E-state index contributed by atoms with van der Waals surface area (Å²) in [6, 6.07) is 12.5. The number of aromatic nitrogens is 3. The van der Waals surface area contributed by atoms with E-state index in [4.69, 9.17) is 11.6 Å². The van der Waals surface area contributed by atoms with Gasteiger partial charge in [-0.15, -0.1) is 0 Å². The van der Waals surface area contributed by atoms with Gasteiger partial charge < -0.3 is 15.1 Å². The average molecular weight is 395 g/mol. The Labute approximate surface area is 168 Å². The van der Waals surface area contributed by atoms with Crippen LogP contribution >= 0.6 is 11.6 Å². The molecule has 4 rings (SSSR count). The number of pyridine rings is 1. The van der Waals surface area contributed by atoms with Crippen molar-refractivity contribution < 1.29 is 4.79 Å². The maximum absolute atomic E-state index is 12.6. The fraction of sp³-hybridized carbons (Fsp3) is 0.200. The minimum atomic E-state index is -0.215. The van der Waals surface area contributed by atoms with E-state index in [0.717, 1.165) is 37.9 Å². The number of nitrogens with zero attached hydrogens (tertiary/aromatic N) is 5. The summed E-state index contributed by atoms with van der Waals surface area (Å²) >= 11 is 6.12. The number of nitrogens with one attached hydrogen (secondary N) is 1. The third-order valence-electron chi connectivity index (χ3n) is 4.57. The second kappa shape index (κ2) is 8.22. The molecule has 1 aliphatic heterocycles. The van der Waals surface area contributed by atoms with E-state index in [1.165, 1.54) is 0 Å². The summed E-state index contributed by atoms with van der Waals surface area (Å²) in [6.07, 6.45) is 5.15. The lowest BCUT2D eigenvalue weighted by Crippen LogP contribution is -2.47. The van der Waals surface area contributed by atoms with Crippen molar-refractivity contribution in [2.75, 3.05) is 41.3 Å². The van der Waals surface area contributed by atoms with Crippen molar-refractivity contribution in [2.24, 2.45) is 0 Å². The van der Waals surface area contributed by atoms with E-state index in [-0.39, 0.29) is 5.91 Å². The number of anilines is 3. The standard InChI is InChI=1S/C20H19ClN6O/c21-16-4-1-2-5-17(16)25-19(28)15-6-9-22-18(14-15)26-10-12-27(13-11-26)20-23-7-3-8-24-20/h1-9,14H,10-13H2,(H,25,28). The number of hydrogen-bond acceptors (Lipinski definition) is 6. The molecule has 2 aromatic heterocycles. The van der Waals surface area contributed by atoms with Gasteiger partial charge in [0, 0.05) is 50.3 Å². The van der Waals surface area contributed by atoms with Crippen molar-refractivity contribution in [1.82, 2.24) is 15.0 Å². The number of hydrogen-bond donors (Lipinski definition) is 1. The minimum absolute atomic E-state index is 0.215. The number of para-hydroxylation sites is 1. The van der Waals surface area contributed by atoms with Crippen LogP contribution in [0.15, 0.2) is 61.1 Å². The highest BCUT2D eigenvalue weighted by atomic mass is 35.5. The summed E-state index contributed by atoms with van der Waals surface area (Å²) < 4.78 is 0. The molecule has 0 spiro atoms. The molecule has 142 valence electrons. The molecular formula is C20H19ClN6O. The smallest absolute Gasteiger partial charge is 0.255 e. The molecular weight excluding hydrogens is 376 g/mol. The van der Waals surface area contributed by atoms with E-state index in [2.05, 4.69) is 30.1 Å². The van der Waals surface area contributed by atoms with Gasteiger partial charge in [0.2, 0.25) is 5.95 Å². The van der Waals surface area contributed by atoms with Crippen LogP contribution in [0.3, 0.4) is 0 Å². The molecule has 0 atom stereocenters. The van der Waals surface area contributed by atoms with Crippen LogP contribution in [0.4, 0.5) is 17.5 Å². The van der Waals surface area contributed by atoms with Gasteiger partial charge in [-0.1, -0.05) is 23.7 Å². The Morgan fingerprint density at radius 1 is 0.893 bits per heavy atom. The maximum atomic E-state index is 12.6. The number of halogens is 1. The molecule has 1 aliphatic rings. The molecule has 0 unspecified atom stereocenters. The summed E-state index contributed by atoms with van der Waals surface area (Å²) in [7, 11) is 0. The Morgan fingerprint density at radius 2 is 1.61 bits per heavy atom. The molecule has 3 aromatic rings. The number of carbonyl (C=O) groups is 1. The highest BCUT2D eigenvalue weighted by molar-refractivity contribution is 6.33. The number of rotatable bonds is 4. The summed E-state index contributed by atoms with van der Waals surface area (Å²) in [5.41, 5.74) is 1.13. The van der Waals surface area contributed by atoms with E-state index in [1.807, 2.05) is 18.2 Å². The molecule has 0 radical (unpaired) electrons. The zero-order chi connectivity index (χ0) is 19.3. The quantitative estimate of drug-likeness (QED) is 0.733. The minimum Gasteiger partial charge on any atom is -0.353 e. The molecule has 1 amide bonds. The fourth-order valence-electron chi connectivity index (χ4n) is 3.08. The first kappa shape index (κ1) is 18.2. The molecule has 1 N–H and O–H groups in total. The van der Waals surface area contributed by atoms with Crippen LogP contribution in [0.1, 0.15) is 10.4 Å². The van der Waals surface area contributed by atoms with Crippen LogP contribution in [-0.4, -0.2) is 47.0 Å². The third kappa shape index (κ3) is 4.04. The van der Waals surface area contributed by atoms with E-state index in [1.54, 1.807) is 42.9 Å². The molecule has 1 fully saturated rings. The number of benzene rings is 1. The average Bonchev–Trinajstić information content (AvgIpc) is 2.76. The van der Waals surface area contributed by atoms with Crippen LogP contribution in [0.2, 0.25) is 5.02 Å². The van der Waals surface area contributed by atoms with Gasteiger partial charge in [-0.05, 0) is 30.3 Å². The summed E-state index contributed by atoms with van der Waals surface area (Å²) in [5.74, 6) is 1.30. The third-order valence-corrected chi connectivity index (χ3v) is 4.90. The second-order valence-electron chi connectivity index (χ2n) is 6.36. The zero-order valence-corrected chi connectivity index (χ0v) is 15.9. The SMILES string of the molecule is O=C(Nc1ccccc1Cl)c1ccnc(N2CCN(c3ncccn3)CC2)c1. The summed E-state index contributed by atoms with van der Waals surface area (Å²) in [5, 5.41) is 3.35. The fourth-order valence-corrected chi connectivity index (χ4v) is 3.26. The van der Waals surface area contributed by atoms with Gasteiger partial charge in [0.05, 0.1) is 10.7 Å². The first-order valence-corrected chi connectivity index (χ1v) is 9.37. The van der Waals surface area contributed by atoms with Crippen LogP contribution in [0.25, 0.3) is 0 Å². The normalized spacial score (nSPS) is 14.0. The number of amides is 1. The Bertz CT molecular complexity index is 960. The molecule has 0 saturated carbocycles. The molecule has 1 aromatic carbocycles. The van der Waals surface area contributed by atoms with Gasteiger partial charge in [-0.3, -0.25) is 4.79 Å². The van der Waals surface area contributed by atoms with E-state index >= 15 is 0 Å². The van der Waals surface area contributed by atoms with Crippen LogP contribution < -0.4 is 15.1 Å². The lowest BCUT2D eigenvalue weighted by atomic mass is 10.2. The number of carbonyl (C=O) groups excluding carboxylic acids is 1. The van der Waals surface area contributed by atoms with Crippen molar-refractivity contribution >= 4 is 35.0 Å². The van der Waals surface area contributed by atoms with Gasteiger partial charge in [0.25, 0.3) is 5.91 Å². The topological polar surface area (TPSA) is 74.2 Å². The molecule has 0 bridgehead atoms. The molecule has 0 aliphatic carbocycles. The molecule has 7 nitrogen and oxygen atoms in total. The van der Waals surface area contributed by atoms with Gasteiger partial charge in [0.15, 0.2) is 0 Å². The van der Waals surface area contributed by atoms with E-state index in [0.29, 0.717) is 16.3 Å². The predicted molar refractivity (Wildman–Crippen MR) is 110 cm³/mol. The predicted octanol–water partition coefficient (Wildman–Crippen LogP) is 3.10. The van der Waals surface area contributed by atoms with Crippen LogP contribution in [-0.2, 0) is 0 Å². The van der Waals surface area contributed by atoms with Crippen molar-refractivity contribution in [3.8, 4) is 0 Å². The first-order valence-electron chi connectivity index (χ1n) is 8.99. The summed E-state index contributed by atoms with van der Waals surface area (Å²) in [4.78, 5) is 29.9. The lowest BCUT2D eigenvalue weighted by molar-refractivity contribution is 0.102. The second-order valence-corrected chi connectivity index (χ2v) is 6.77. The molecule has 8 heteroatoms. The molecule has 3 heterocycles. The van der Waals surface area contributed by atoms with Crippen LogP contribution in [0, 0.1) is 0 Å². The summed E-state index contributed by atoms with van der Waals surface area (Å²) in [6.45, 7) is 3.14.